The second kappa shape index (κ2) is 19.8. The van der Waals surface area contributed by atoms with Crippen molar-refractivity contribution < 1.29 is 8.83 Å². The van der Waals surface area contributed by atoms with E-state index in [0.29, 0.717) is 0 Å². The molecule has 0 saturated carbocycles. The van der Waals surface area contributed by atoms with Gasteiger partial charge in [-0.05, 0) is 139 Å². The molecule has 4 heteroatoms. The molecule has 0 spiro atoms. The lowest BCUT2D eigenvalue weighted by atomic mass is 9.84. The van der Waals surface area contributed by atoms with Crippen molar-refractivity contribution in [3.8, 4) is 22.3 Å². The zero-order valence-electron chi connectivity index (χ0n) is 50.5. The molecule has 0 bridgehead atoms. The first-order valence-corrected chi connectivity index (χ1v) is 30.0. The van der Waals surface area contributed by atoms with Crippen LogP contribution in [-0.2, 0) is 10.8 Å². The van der Waals surface area contributed by atoms with Crippen molar-refractivity contribution in [2.45, 2.75) is 106 Å². The van der Waals surface area contributed by atoms with Crippen LogP contribution >= 0.6 is 0 Å². The minimum absolute atomic E-state index is 0.133. The summed E-state index contributed by atoms with van der Waals surface area (Å²) in [5, 5.41) is 11.9. The Bertz CT molecular complexity index is 4580. The van der Waals surface area contributed by atoms with Gasteiger partial charge in [-0.15, -0.1) is 0 Å². The molecule has 414 valence electrons. The number of furan rings is 2. The van der Waals surface area contributed by atoms with Crippen LogP contribution in [-0.4, -0.2) is 0 Å². The van der Waals surface area contributed by atoms with Gasteiger partial charge in [0.25, 0.3) is 0 Å². The van der Waals surface area contributed by atoms with Crippen molar-refractivity contribution in [1.82, 2.24) is 0 Å². The molecule has 84 heavy (non-hydrogen) atoms. The highest BCUT2D eigenvalue weighted by Gasteiger charge is 2.32. The zero-order valence-corrected chi connectivity index (χ0v) is 50.5. The lowest BCUT2D eigenvalue weighted by Gasteiger charge is -2.32. The van der Waals surface area contributed by atoms with Gasteiger partial charge in [-0.1, -0.05) is 239 Å². The molecule has 0 aliphatic carbocycles. The Labute approximate surface area is 493 Å². The highest BCUT2D eigenvalue weighted by Crippen LogP contribution is 2.55. The molecule has 2 aromatic heterocycles. The molecule has 0 aliphatic rings. The first-order valence-electron chi connectivity index (χ1n) is 30.0. The molecule has 0 N–H and O–H groups in total. The molecule has 0 fully saturated rings. The number of hydrogen-bond acceptors (Lipinski definition) is 4. The van der Waals surface area contributed by atoms with Gasteiger partial charge in [0.05, 0.1) is 22.7 Å². The molecule has 14 rings (SSSR count). The Morgan fingerprint density at radius 3 is 1.05 bits per heavy atom. The molecule has 0 saturated heterocycles. The topological polar surface area (TPSA) is 32.8 Å². The Kier molecular flexibility index (Phi) is 12.5. The molecule has 4 nitrogen and oxygen atoms in total. The number of aryl methyl sites for hydroxylation is 2. The van der Waals surface area contributed by atoms with Crippen LogP contribution in [0.25, 0.3) is 98.4 Å². The number of nitrogens with zero attached hydrogens (tertiary/aromatic N) is 2. The molecule has 14 aromatic rings. The summed E-state index contributed by atoms with van der Waals surface area (Å²) >= 11 is 0. The maximum absolute atomic E-state index is 7.40. The maximum atomic E-state index is 7.40. The molecular weight excluding hydrogens is 1020 g/mol. The van der Waals surface area contributed by atoms with Gasteiger partial charge in [0, 0.05) is 54.8 Å². The summed E-state index contributed by atoms with van der Waals surface area (Å²) in [5.74, 6) is 0.381. The summed E-state index contributed by atoms with van der Waals surface area (Å²) < 4.78 is 14.8. The van der Waals surface area contributed by atoms with Gasteiger partial charge < -0.3 is 18.6 Å². The Hall–Kier alpha value is -9.12. The number of benzene rings is 12. The predicted molar refractivity (Wildman–Crippen MR) is 360 cm³/mol. The summed E-state index contributed by atoms with van der Waals surface area (Å²) in [4.78, 5) is 5.06. The van der Waals surface area contributed by atoms with Gasteiger partial charge in [-0.2, -0.15) is 0 Å². The van der Waals surface area contributed by atoms with Crippen LogP contribution in [0, 0.1) is 13.8 Å². The fourth-order valence-corrected chi connectivity index (χ4v) is 13.7. The van der Waals surface area contributed by atoms with E-state index in [-0.39, 0.29) is 22.7 Å². The standard InChI is InChI=1S/C80H72N2O2/c1-47(2)65-45-69(81(55-29-19-27-53(43-55)51-23-15-13-16-24-51)73-49(5)35-37-61-59-31-21-33-67(79(7,8)9)75(59)83-77(61)73)63-42-40-58-66(48(3)4)46-70(64-41-39-57(65)71(63)72(58)64)82(56-30-20-28-54(44-56)52-25-17-14-18-26-52)74-50(6)36-38-62-60-32-22-34-68(80(10,11)12)76(60)84-78(62)74/h13-48H,1-12H3. The minimum atomic E-state index is -0.133. The van der Waals surface area contributed by atoms with E-state index in [9.17, 15) is 0 Å². The van der Waals surface area contributed by atoms with E-state index in [4.69, 9.17) is 8.83 Å². The van der Waals surface area contributed by atoms with Crippen LogP contribution in [0.2, 0.25) is 0 Å². The molecule has 0 unspecified atom stereocenters. The molecular formula is C80H72N2O2. The zero-order chi connectivity index (χ0) is 58.1. The fraction of sp³-hybridized carbons (Fsp3) is 0.200. The third-order valence-electron chi connectivity index (χ3n) is 17.8. The van der Waals surface area contributed by atoms with E-state index >= 15 is 0 Å². The number of hydrogen-bond donors (Lipinski definition) is 0. The van der Waals surface area contributed by atoms with Crippen molar-refractivity contribution >= 4 is 110 Å². The van der Waals surface area contributed by atoms with Crippen LogP contribution in [0.5, 0.6) is 0 Å². The fourth-order valence-electron chi connectivity index (χ4n) is 13.7. The van der Waals surface area contributed by atoms with Gasteiger partial charge in [-0.25, -0.2) is 0 Å². The highest BCUT2D eigenvalue weighted by molar-refractivity contribution is 6.30. The van der Waals surface area contributed by atoms with E-state index in [1.165, 1.54) is 65.7 Å². The first-order chi connectivity index (χ1) is 40.4. The predicted octanol–water partition coefficient (Wildman–Crippen LogP) is 24.1. The van der Waals surface area contributed by atoms with Crippen molar-refractivity contribution in [3.05, 3.63) is 240 Å². The third-order valence-corrected chi connectivity index (χ3v) is 17.8. The van der Waals surface area contributed by atoms with Gasteiger partial charge in [0.15, 0.2) is 11.2 Å². The van der Waals surface area contributed by atoms with Gasteiger partial charge in [0.1, 0.15) is 11.2 Å². The molecule has 12 aromatic carbocycles. The maximum Gasteiger partial charge on any atom is 0.159 e. The van der Waals surface area contributed by atoms with Crippen LogP contribution in [0.15, 0.2) is 215 Å². The molecule has 0 radical (unpaired) electrons. The summed E-state index contributed by atoms with van der Waals surface area (Å²) in [6.45, 7) is 27.6. The second-order valence-corrected chi connectivity index (χ2v) is 26.1. The summed E-state index contributed by atoms with van der Waals surface area (Å²) in [7, 11) is 0. The van der Waals surface area contributed by atoms with Crippen LogP contribution < -0.4 is 9.80 Å². The molecule has 2 heterocycles. The highest BCUT2D eigenvalue weighted by atomic mass is 16.3. The van der Waals surface area contributed by atoms with Gasteiger partial charge >= 0.3 is 0 Å². The molecule has 0 atom stereocenters. The minimum Gasteiger partial charge on any atom is -0.454 e. The quantitative estimate of drug-likeness (QED) is 0.128. The average Bonchev–Trinajstić information content (AvgIpc) is 2.31. The normalized spacial score (nSPS) is 12.5. The average molecular weight is 1090 g/mol. The van der Waals surface area contributed by atoms with Crippen molar-refractivity contribution in [1.29, 1.82) is 0 Å². The van der Waals surface area contributed by atoms with Gasteiger partial charge in [-0.3, -0.25) is 0 Å². The first kappa shape index (κ1) is 52.9. The summed E-state index contributed by atoms with van der Waals surface area (Å²) in [5.41, 5.74) is 21.7. The van der Waals surface area contributed by atoms with Crippen LogP contribution in [0.1, 0.15) is 114 Å². The number of anilines is 6. The lowest BCUT2D eigenvalue weighted by Crippen LogP contribution is -2.14. The number of rotatable bonds is 10. The van der Waals surface area contributed by atoms with Gasteiger partial charge in [0.2, 0.25) is 0 Å². The monoisotopic (exact) mass is 1090 g/mol. The van der Waals surface area contributed by atoms with Crippen LogP contribution in [0.4, 0.5) is 34.1 Å². The van der Waals surface area contributed by atoms with E-state index < -0.39 is 0 Å². The molecule has 0 amide bonds. The van der Waals surface area contributed by atoms with E-state index in [0.717, 1.165) is 100 Å². The van der Waals surface area contributed by atoms with Crippen molar-refractivity contribution in [2.75, 3.05) is 9.80 Å². The Balaban J connectivity index is 1.12. The molecule has 0 aliphatic heterocycles. The smallest absolute Gasteiger partial charge is 0.159 e. The lowest BCUT2D eigenvalue weighted by molar-refractivity contribution is 0.572. The third kappa shape index (κ3) is 8.47. The SMILES string of the molecule is Cc1ccc2c(oc3c(C(C)(C)C)cccc32)c1N(c1cccc(-c2ccccc2)c1)c1cc(C(C)C)c2ccc3c(N(c4cccc(-c5ccccc5)c4)c4c(C)ccc5c4oc4c(C(C)(C)C)cccc45)cc(C(C)C)c4ccc1c2c43. The van der Waals surface area contributed by atoms with Crippen molar-refractivity contribution in [2.24, 2.45) is 0 Å². The largest absolute Gasteiger partial charge is 0.454 e. The van der Waals surface area contributed by atoms with E-state index in [2.05, 4.69) is 299 Å². The Morgan fingerprint density at radius 2 is 0.667 bits per heavy atom. The second-order valence-electron chi connectivity index (χ2n) is 26.1. The van der Waals surface area contributed by atoms with E-state index in [1.54, 1.807) is 0 Å². The summed E-state index contributed by atoms with van der Waals surface area (Å²) in [6.07, 6.45) is 0. The van der Waals surface area contributed by atoms with Crippen LogP contribution in [0.3, 0.4) is 0 Å². The van der Waals surface area contributed by atoms with Crippen molar-refractivity contribution in [3.63, 3.8) is 0 Å². The number of fused-ring (bicyclic) bond motifs is 6. The number of para-hydroxylation sites is 2. The summed E-state index contributed by atoms with van der Waals surface area (Å²) in [6, 6.07) is 76.8. The Morgan fingerprint density at radius 1 is 0.321 bits per heavy atom. The van der Waals surface area contributed by atoms with E-state index in [1.807, 2.05) is 0 Å².